The van der Waals surface area contributed by atoms with Crippen LogP contribution in [0.5, 0.6) is 0 Å². The van der Waals surface area contributed by atoms with Gasteiger partial charge < -0.3 is 5.73 Å². The third-order valence-electron chi connectivity index (χ3n) is 4.73. The van der Waals surface area contributed by atoms with Crippen molar-refractivity contribution in [3.63, 3.8) is 0 Å². The summed E-state index contributed by atoms with van der Waals surface area (Å²) >= 11 is 0. The van der Waals surface area contributed by atoms with Crippen LogP contribution in [-0.2, 0) is 6.54 Å². The first-order valence-electron chi connectivity index (χ1n) is 8.21. The van der Waals surface area contributed by atoms with Crippen molar-refractivity contribution >= 4 is 0 Å². The Morgan fingerprint density at radius 1 is 1.05 bits per heavy atom. The van der Waals surface area contributed by atoms with Crippen LogP contribution in [0.15, 0.2) is 48.5 Å². The zero-order valence-corrected chi connectivity index (χ0v) is 13.6. The van der Waals surface area contributed by atoms with Gasteiger partial charge in [-0.3, -0.25) is 4.90 Å². The maximum absolute atomic E-state index is 6.34. The first-order valence-corrected chi connectivity index (χ1v) is 8.21. The number of nitrogens with two attached hydrogens (primary N) is 1. The minimum atomic E-state index is 0.267. The lowest BCUT2D eigenvalue weighted by Crippen LogP contribution is -2.45. The number of likely N-dealkylation sites (tertiary alicyclic amines) is 1. The summed E-state index contributed by atoms with van der Waals surface area (Å²) in [5.74, 6) is 0.549. The molecule has 1 aliphatic heterocycles. The van der Waals surface area contributed by atoms with Gasteiger partial charge >= 0.3 is 0 Å². The number of hydrogen-bond acceptors (Lipinski definition) is 2. The topological polar surface area (TPSA) is 29.3 Å². The van der Waals surface area contributed by atoms with Gasteiger partial charge in [0, 0.05) is 25.7 Å². The highest BCUT2D eigenvalue weighted by molar-refractivity contribution is 5.28. The second-order valence-electron chi connectivity index (χ2n) is 6.73. The molecule has 0 aromatic heterocycles. The molecule has 2 atom stereocenters. The fraction of sp³-hybridized carbons (Fsp3) is 0.400. The average Bonchev–Trinajstić information content (AvgIpc) is 2.49. The number of benzene rings is 2. The third-order valence-corrected chi connectivity index (χ3v) is 4.73. The number of aryl methyl sites for hydroxylation is 2. The van der Waals surface area contributed by atoms with Crippen LogP contribution in [0, 0.1) is 13.8 Å². The van der Waals surface area contributed by atoms with Crippen LogP contribution in [-0.4, -0.2) is 24.0 Å². The van der Waals surface area contributed by atoms with Gasteiger partial charge in [0.15, 0.2) is 0 Å². The van der Waals surface area contributed by atoms with Gasteiger partial charge in [0.05, 0.1) is 0 Å². The normalized spacial score (nSPS) is 22.7. The van der Waals surface area contributed by atoms with Crippen LogP contribution in [0.4, 0.5) is 0 Å². The molecule has 0 amide bonds. The van der Waals surface area contributed by atoms with Gasteiger partial charge in [0.25, 0.3) is 0 Å². The second kappa shape index (κ2) is 6.64. The fourth-order valence-electron chi connectivity index (χ4n) is 3.56. The summed E-state index contributed by atoms with van der Waals surface area (Å²) in [6.07, 6.45) is 1.09. The Balaban J connectivity index is 1.75. The molecular formula is C20H26N2. The fourth-order valence-corrected chi connectivity index (χ4v) is 3.56. The first-order chi connectivity index (χ1) is 10.6. The second-order valence-corrected chi connectivity index (χ2v) is 6.73. The highest BCUT2D eigenvalue weighted by atomic mass is 15.1. The molecule has 1 heterocycles. The van der Waals surface area contributed by atoms with Crippen LogP contribution < -0.4 is 5.73 Å². The molecule has 2 aromatic carbocycles. The quantitative estimate of drug-likeness (QED) is 0.937. The zero-order chi connectivity index (χ0) is 15.5. The molecule has 0 spiro atoms. The van der Waals surface area contributed by atoms with Gasteiger partial charge in [-0.25, -0.2) is 0 Å². The van der Waals surface area contributed by atoms with Crippen LogP contribution in [0.3, 0.4) is 0 Å². The molecule has 2 aromatic rings. The SMILES string of the molecule is Cc1cccc(C2CC(N)CN(Cc3ccccc3C)C2)c1. The highest BCUT2D eigenvalue weighted by Crippen LogP contribution is 2.28. The van der Waals surface area contributed by atoms with E-state index in [9.17, 15) is 0 Å². The molecular weight excluding hydrogens is 268 g/mol. The number of rotatable bonds is 3. The monoisotopic (exact) mass is 294 g/mol. The summed E-state index contributed by atoms with van der Waals surface area (Å²) < 4.78 is 0. The van der Waals surface area contributed by atoms with Crippen molar-refractivity contribution in [3.05, 3.63) is 70.8 Å². The Hall–Kier alpha value is -1.64. The molecule has 22 heavy (non-hydrogen) atoms. The maximum Gasteiger partial charge on any atom is 0.0237 e. The molecule has 2 heteroatoms. The number of hydrogen-bond donors (Lipinski definition) is 1. The van der Waals surface area contributed by atoms with E-state index in [0.29, 0.717) is 5.92 Å². The van der Waals surface area contributed by atoms with Gasteiger partial charge in [0.2, 0.25) is 0 Å². The van der Waals surface area contributed by atoms with Crippen molar-refractivity contribution in [3.8, 4) is 0 Å². The van der Waals surface area contributed by atoms with Gasteiger partial charge in [-0.1, -0.05) is 54.1 Å². The van der Waals surface area contributed by atoms with Gasteiger partial charge in [-0.2, -0.15) is 0 Å². The number of piperidine rings is 1. The average molecular weight is 294 g/mol. The lowest BCUT2D eigenvalue weighted by Gasteiger charge is -2.37. The summed E-state index contributed by atoms with van der Waals surface area (Å²) in [5, 5.41) is 0. The smallest absolute Gasteiger partial charge is 0.0237 e. The van der Waals surface area contributed by atoms with Crippen LogP contribution in [0.25, 0.3) is 0 Å². The molecule has 0 aliphatic carbocycles. The zero-order valence-electron chi connectivity index (χ0n) is 13.6. The molecule has 0 radical (unpaired) electrons. The third kappa shape index (κ3) is 3.57. The van der Waals surface area contributed by atoms with E-state index in [1.54, 1.807) is 0 Å². The summed E-state index contributed by atoms with van der Waals surface area (Å²) in [6, 6.07) is 17.8. The molecule has 1 aliphatic rings. The van der Waals surface area contributed by atoms with E-state index in [1.165, 1.54) is 22.3 Å². The highest BCUT2D eigenvalue weighted by Gasteiger charge is 2.26. The van der Waals surface area contributed by atoms with E-state index >= 15 is 0 Å². The van der Waals surface area contributed by atoms with Crippen molar-refractivity contribution in [2.75, 3.05) is 13.1 Å². The Labute approximate surface area is 134 Å². The lowest BCUT2D eigenvalue weighted by atomic mass is 9.87. The minimum Gasteiger partial charge on any atom is -0.327 e. The predicted octanol–water partition coefficient (Wildman–Crippen LogP) is 3.62. The van der Waals surface area contributed by atoms with Crippen LogP contribution in [0.2, 0.25) is 0 Å². The van der Waals surface area contributed by atoms with Crippen LogP contribution >= 0.6 is 0 Å². The molecule has 2 unspecified atom stereocenters. The van der Waals surface area contributed by atoms with Crippen molar-refractivity contribution in [2.45, 2.75) is 38.8 Å². The summed E-state index contributed by atoms with van der Waals surface area (Å²) in [7, 11) is 0. The van der Waals surface area contributed by atoms with E-state index in [1.807, 2.05) is 0 Å². The van der Waals surface area contributed by atoms with Crippen LogP contribution in [0.1, 0.15) is 34.6 Å². The first kappa shape index (κ1) is 15.3. The van der Waals surface area contributed by atoms with E-state index < -0.39 is 0 Å². The Kier molecular flexibility index (Phi) is 4.60. The Bertz CT molecular complexity index is 635. The van der Waals surface area contributed by atoms with E-state index in [4.69, 9.17) is 5.73 Å². The minimum absolute atomic E-state index is 0.267. The van der Waals surface area contributed by atoms with Gasteiger partial charge in [-0.05, 0) is 42.9 Å². The standard InChI is InChI=1S/C20H26N2/c1-15-6-5-9-17(10-15)19-11-20(21)14-22(13-19)12-18-8-4-3-7-16(18)2/h3-10,19-20H,11-14,21H2,1-2H3. The molecule has 1 saturated heterocycles. The Morgan fingerprint density at radius 2 is 1.86 bits per heavy atom. The van der Waals surface area contributed by atoms with Crippen molar-refractivity contribution in [1.29, 1.82) is 0 Å². The van der Waals surface area contributed by atoms with Gasteiger partial charge in [0.1, 0.15) is 0 Å². The largest absolute Gasteiger partial charge is 0.327 e. The lowest BCUT2D eigenvalue weighted by molar-refractivity contribution is 0.181. The molecule has 116 valence electrons. The molecule has 3 rings (SSSR count). The molecule has 0 bridgehead atoms. The number of nitrogens with zero attached hydrogens (tertiary/aromatic N) is 1. The van der Waals surface area contributed by atoms with E-state index in [-0.39, 0.29) is 6.04 Å². The molecule has 2 nitrogen and oxygen atoms in total. The maximum atomic E-state index is 6.34. The van der Waals surface area contributed by atoms with Gasteiger partial charge in [-0.15, -0.1) is 0 Å². The summed E-state index contributed by atoms with van der Waals surface area (Å²) in [6.45, 7) is 7.46. The molecule has 0 saturated carbocycles. The van der Waals surface area contributed by atoms with Crippen molar-refractivity contribution < 1.29 is 0 Å². The Morgan fingerprint density at radius 3 is 2.64 bits per heavy atom. The van der Waals surface area contributed by atoms with E-state index in [0.717, 1.165) is 26.1 Å². The summed E-state index contributed by atoms with van der Waals surface area (Å²) in [4.78, 5) is 2.52. The predicted molar refractivity (Wildman–Crippen MR) is 93.0 cm³/mol. The molecule has 2 N–H and O–H groups in total. The van der Waals surface area contributed by atoms with E-state index in [2.05, 4.69) is 67.3 Å². The van der Waals surface area contributed by atoms with Crippen molar-refractivity contribution in [2.24, 2.45) is 5.73 Å². The molecule has 1 fully saturated rings. The van der Waals surface area contributed by atoms with Crippen molar-refractivity contribution in [1.82, 2.24) is 4.90 Å². The summed E-state index contributed by atoms with van der Waals surface area (Å²) in [5.41, 5.74) is 11.9.